The van der Waals surface area contributed by atoms with Crippen LogP contribution in [-0.2, 0) is 4.79 Å². The Hall–Kier alpha value is -2.48. The van der Waals surface area contributed by atoms with Crippen LogP contribution in [0, 0.1) is 25.6 Å². The molecular formula is C29H40FN2O2PS. The van der Waals surface area contributed by atoms with Crippen LogP contribution in [0.1, 0.15) is 70.5 Å². The van der Waals surface area contributed by atoms with E-state index in [1.807, 2.05) is 13.0 Å². The SMILES string of the molecule is C#C.Cc1nc(-c2ccc(F)cc2)c(/C=C/CC/C(=C\C(=O)O)PS(C)(C)C(C)(C)C)c(C(C)C)n1. The van der Waals surface area contributed by atoms with E-state index >= 15 is 0 Å². The van der Waals surface area contributed by atoms with E-state index in [0.717, 1.165) is 34.2 Å². The van der Waals surface area contributed by atoms with E-state index in [1.165, 1.54) is 18.2 Å². The average Bonchev–Trinajstić information content (AvgIpc) is 2.77. The van der Waals surface area contributed by atoms with E-state index in [9.17, 15) is 14.3 Å². The van der Waals surface area contributed by atoms with Crippen LogP contribution in [0.4, 0.5) is 4.39 Å². The van der Waals surface area contributed by atoms with Crippen molar-refractivity contribution in [2.24, 2.45) is 0 Å². The second-order valence-corrected chi connectivity index (χ2v) is 18.5. The normalized spacial score (nSPS) is 13.3. The van der Waals surface area contributed by atoms with Crippen molar-refractivity contribution in [3.8, 4) is 24.1 Å². The third kappa shape index (κ3) is 9.19. The lowest BCUT2D eigenvalue weighted by Gasteiger charge is -2.45. The Morgan fingerprint density at radius 3 is 2.25 bits per heavy atom. The molecule has 0 saturated carbocycles. The fraction of sp³-hybridized carbons (Fsp3) is 0.414. The summed E-state index contributed by atoms with van der Waals surface area (Å²) in [7, 11) is -0.472. The number of carbonyl (C=O) groups is 1. The van der Waals surface area contributed by atoms with E-state index in [1.54, 1.807) is 12.1 Å². The van der Waals surface area contributed by atoms with Crippen molar-refractivity contribution in [1.29, 1.82) is 0 Å². The summed E-state index contributed by atoms with van der Waals surface area (Å²) in [6.07, 6.45) is 19.5. The lowest BCUT2D eigenvalue weighted by molar-refractivity contribution is -0.131. The third-order valence-electron chi connectivity index (χ3n) is 5.83. The maximum Gasteiger partial charge on any atom is 0.328 e. The zero-order valence-electron chi connectivity index (χ0n) is 22.7. The Labute approximate surface area is 219 Å². The van der Waals surface area contributed by atoms with Crippen LogP contribution in [0.2, 0.25) is 0 Å². The van der Waals surface area contributed by atoms with Crippen molar-refractivity contribution >= 4 is 29.5 Å². The second kappa shape index (κ2) is 13.7. The first kappa shape index (κ1) is 31.5. The topological polar surface area (TPSA) is 63.1 Å². The molecule has 1 aromatic heterocycles. The van der Waals surface area contributed by atoms with Crippen LogP contribution < -0.4 is 0 Å². The Balaban J connectivity index is 0.00000316. The zero-order chi connectivity index (χ0) is 27.7. The van der Waals surface area contributed by atoms with Gasteiger partial charge in [-0.1, -0.05) is 54.6 Å². The summed E-state index contributed by atoms with van der Waals surface area (Å²) in [5.41, 5.74) is 3.51. The van der Waals surface area contributed by atoms with Gasteiger partial charge in [0, 0.05) is 17.2 Å². The van der Waals surface area contributed by atoms with Crippen LogP contribution in [-0.4, -0.2) is 38.3 Å². The Morgan fingerprint density at radius 1 is 1.17 bits per heavy atom. The number of aromatic nitrogens is 2. The lowest BCUT2D eigenvalue weighted by Crippen LogP contribution is -2.19. The predicted octanol–water partition coefficient (Wildman–Crippen LogP) is 8.18. The molecule has 0 spiro atoms. The molecule has 1 atom stereocenters. The van der Waals surface area contributed by atoms with Crippen LogP contribution >= 0.6 is 17.4 Å². The van der Waals surface area contributed by atoms with Crippen LogP contribution in [0.15, 0.2) is 41.7 Å². The van der Waals surface area contributed by atoms with E-state index in [2.05, 4.69) is 76.0 Å². The minimum atomic E-state index is -0.979. The molecule has 4 nitrogen and oxygen atoms in total. The van der Waals surface area contributed by atoms with Gasteiger partial charge in [-0.3, -0.25) is 0 Å². The summed E-state index contributed by atoms with van der Waals surface area (Å²) in [4.78, 5) is 20.8. The molecule has 2 rings (SSSR count). The van der Waals surface area contributed by atoms with Gasteiger partial charge in [-0.05, 0) is 72.5 Å². The van der Waals surface area contributed by atoms with Crippen molar-refractivity contribution in [3.05, 3.63) is 64.6 Å². The molecule has 0 fully saturated rings. The molecule has 196 valence electrons. The van der Waals surface area contributed by atoms with Crippen molar-refractivity contribution < 1.29 is 14.3 Å². The summed E-state index contributed by atoms with van der Waals surface area (Å²) in [5.74, 6) is -0.293. The zero-order valence-corrected chi connectivity index (χ0v) is 24.5. The quantitative estimate of drug-likeness (QED) is 0.202. The van der Waals surface area contributed by atoms with Crippen molar-refractivity contribution in [2.75, 3.05) is 12.5 Å². The van der Waals surface area contributed by atoms with Crippen molar-refractivity contribution in [2.45, 2.75) is 65.0 Å². The fourth-order valence-corrected chi connectivity index (χ4v) is 8.02. The molecule has 0 amide bonds. The number of hydrogen-bond acceptors (Lipinski definition) is 3. The fourth-order valence-electron chi connectivity index (χ4n) is 3.26. The Kier molecular flexibility index (Phi) is 12.0. The number of carboxylic acids is 1. The highest BCUT2D eigenvalue weighted by Crippen LogP contribution is 2.70. The predicted molar refractivity (Wildman–Crippen MR) is 158 cm³/mol. The maximum absolute atomic E-state index is 13.5. The van der Waals surface area contributed by atoms with Gasteiger partial charge in [0.05, 0.1) is 11.4 Å². The monoisotopic (exact) mass is 530 g/mol. The number of allylic oxidation sites excluding steroid dienone is 2. The molecular weight excluding hydrogens is 490 g/mol. The van der Waals surface area contributed by atoms with Gasteiger partial charge in [0.2, 0.25) is 0 Å². The number of aliphatic carboxylic acids is 1. The number of rotatable bonds is 9. The highest BCUT2D eigenvalue weighted by molar-refractivity contribution is 8.73. The first-order valence-electron chi connectivity index (χ1n) is 11.8. The number of terminal acetylenes is 1. The van der Waals surface area contributed by atoms with Gasteiger partial charge in [-0.25, -0.2) is 28.8 Å². The van der Waals surface area contributed by atoms with E-state index in [0.29, 0.717) is 20.0 Å². The molecule has 0 saturated heterocycles. The Bertz CT molecular complexity index is 1110. The second-order valence-electron chi connectivity index (χ2n) is 10.1. The number of aryl methyl sites for hydroxylation is 1. The van der Waals surface area contributed by atoms with Gasteiger partial charge >= 0.3 is 5.97 Å². The standard InChI is InChI=1S/C27H38FN2O2PS.C2H2/c1-18(2)25-23(26(30-19(3)29-25)20-13-15-21(28)16-14-20)12-10-9-11-22(17-24(31)32)33-34(7,8)27(4,5)6;1-2/h10,12-18,33H,9,11H2,1-8H3,(H,31,32);1-2H/b12-10+,22-17+;. The van der Waals surface area contributed by atoms with Gasteiger partial charge in [0.25, 0.3) is 0 Å². The number of hydrogen-bond donors (Lipinski definition) is 1. The number of benzene rings is 1. The molecule has 0 bridgehead atoms. The maximum atomic E-state index is 13.5. The molecule has 1 heterocycles. The summed E-state index contributed by atoms with van der Waals surface area (Å²) in [6.45, 7) is 12.8. The average molecular weight is 531 g/mol. The van der Waals surface area contributed by atoms with Crippen LogP contribution in [0.25, 0.3) is 17.3 Å². The summed E-state index contributed by atoms with van der Waals surface area (Å²) in [6, 6.07) is 6.37. The highest BCUT2D eigenvalue weighted by atomic mass is 32.8. The molecule has 1 aromatic carbocycles. The summed E-state index contributed by atoms with van der Waals surface area (Å²) >= 11 is 0. The van der Waals surface area contributed by atoms with E-state index in [-0.39, 0.29) is 16.5 Å². The van der Waals surface area contributed by atoms with Crippen LogP contribution in [0.3, 0.4) is 0 Å². The van der Waals surface area contributed by atoms with Crippen molar-refractivity contribution in [1.82, 2.24) is 9.97 Å². The molecule has 36 heavy (non-hydrogen) atoms. The number of halogens is 1. The first-order valence-corrected chi connectivity index (χ1v) is 16.0. The van der Waals surface area contributed by atoms with Gasteiger partial charge in [0.1, 0.15) is 11.6 Å². The molecule has 0 aliphatic rings. The first-order chi connectivity index (χ1) is 16.7. The molecule has 1 N–H and O–H groups in total. The minimum Gasteiger partial charge on any atom is -0.478 e. The summed E-state index contributed by atoms with van der Waals surface area (Å²) < 4.78 is 13.7. The Morgan fingerprint density at radius 2 is 1.75 bits per heavy atom. The van der Waals surface area contributed by atoms with Crippen molar-refractivity contribution in [3.63, 3.8) is 0 Å². The minimum absolute atomic E-state index is 0.147. The summed E-state index contributed by atoms with van der Waals surface area (Å²) in [5, 5.41) is 10.4. The smallest absolute Gasteiger partial charge is 0.328 e. The molecule has 0 radical (unpaired) electrons. The largest absolute Gasteiger partial charge is 0.478 e. The number of carboxylic acid groups (broad SMARTS) is 1. The molecule has 7 heteroatoms. The molecule has 0 aliphatic heterocycles. The third-order valence-corrected chi connectivity index (χ3v) is 14.2. The molecule has 0 aliphatic carbocycles. The van der Waals surface area contributed by atoms with Gasteiger partial charge in [0.15, 0.2) is 0 Å². The highest BCUT2D eigenvalue weighted by Gasteiger charge is 2.28. The number of nitrogens with zero attached hydrogens (tertiary/aromatic N) is 2. The van der Waals surface area contributed by atoms with Gasteiger partial charge < -0.3 is 5.11 Å². The van der Waals surface area contributed by atoms with E-state index in [4.69, 9.17) is 0 Å². The molecule has 1 unspecified atom stereocenters. The lowest BCUT2D eigenvalue weighted by atomic mass is 9.97. The van der Waals surface area contributed by atoms with E-state index < -0.39 is 15.6 Å². The van der Waals surface area contributed by atoms with Gasteiger partial charge in [-0.2, -0.15) is 0 Å². The molecule has 2 aromatic rings. The van der Waals surface area contributed by atoms with Gasteiger partial charge in [-0.15, -0.1) is 12.8 Å². The van der Waals surface area contributed by atoms with Crippen LogP contribution in [0.5, 0.6) is 0 Å².